The number of aromatic amines is 1. The Morgan fingerprint density at radius 2 is 1.58 bits per heavy atom. The second-order valence-corrected chi connectivity index (χ2v) is 18.3. The highest BCUT2D eigenvalue weighted by Gasteiger charge is 2.56. The first kappa shape index (κ1) is 14.3. The molecular weight excluding hydrogens is 563 g/mol. The third-order valence-electron chi connectivity index (χ3n) is 5.79. The Kier molecular flexibility index (Phi) is 4.59. The van der Waals surface area contributed by atoms with Crippen LogP contribution >= 0.6 is 0 Å². The molecule has 0 amide bonds. The third kappa shape index (κ3) is 5.06. The zero-order chi connectivity index (χ0) is 35.4. The Bertz CT molecular complexity index is 1910. The average molecular weight is 603 g/mol. The lowest BCUT2D eigenvalue weighted by atomic mass is 9.59. The molecule has 1 unspecified atom stereocenters. The van der Waals surface area contributed by atoms with Gasteiger partial charge in [-0.25, -0.2) is 4.98 Å². The molecule has 0 saturated heterocycles. The summed E-state index contributed by atoms with van der Waals surface area (Å²) in [5.74, 6) is -0.0297. The highest BCUT2D eigenvalue weighted by molar-refractivity contribution is 8.70. The van der Waals surface area contributed by atoms with Crippen molar-refractivity contribution in [1.82, 2.24) is 9.97 Å². The Morgan fingerprint density at radius 3 is 2.18 bits per heavy atom. The number of rotatable bonds is 1. The van der Waals surface area contributed by atoms with Crippen molar-refractivity contribution >= 4 is 92.4 Å². The number of fused-ring (bicyclic) bond motifs is 2. The smallest absolute Gasteiger partial charge is 0.140 e. The highest BCUT2D eigenvalue weighted by atomic mass is 33.4. The number of aromatic nitrogens is 2. The van der Waals surface area contributed by atoms with Crippen LogP contribution in [0.3, 0.4) is 0 Å². The number of anilines is 1. The van der Waals surface area contributed by atoms with E-state index in [1.54, 1.807) is 35.5 Å². The van der Waals surface area contributed by atoms with Crippen LogP contribution in [0.15, 0.2) is 36.3 Å². The van der Waals surface area contributed by atoms with Crippen LogP contribution in [-0.2, 0) is 86.5 Å². The number of imidazole rings is 1. The lowest BCUT2D eigenvalue weighted by Gasteiger charge is -2.44. The molecule has 4 rings (SSSR count). The normalized spacial score (nSPS) is 26.5. The summed E-state index contributed by atoms with van der Waals surface area (Å²) >= 11 is 9.21. The van der Waals surface area contributed by atoms with E-state index in [1.165, 1.54) is 50.7 Å². The third-order valence-corrected chi connectivity index (χ3v) is 16.9. The van der Waals surface area contributed by atoms with E-state index in [4.69, 9.17) is 23.6 Å². The van der Waals surface area contributed by atoms with Crippen molar-refractivity contribution in [3.63, 3.8) is 0 Å². The van der Waals surface area contributed by atoms with Crippen LogP contribution < -0.4 is 5.73 Å². The largest absolute Gasteiger partial charge is 0.398 e. The van der Waals surface area contributed by atoms with Gasteiger partial charge >= 0.3 is 0 Å². The number of benzene rings is 2. The van der Waals surface area contributed by atoms with Gasteiger partial charge in [0.25, 0.3) is 0 Å². The molecule has 1 aliphatic carbocycles. The topological polar surface area (TPSA) is 54.7 Å². The molecule has 1 aromatic heterocycles. The fraction of sp³-hybridized carbons (Fsp3) is 0.409. The van der Waals surface area contributed by atoms with Crippen LogP contribution in [0, 0.1) is 5.41 Å². The van der Waals surface area contributed by atoms with Gasteiger partial charge in [-0.1, -0.05) is 53.4 Å². The second kappa shape index (κ2) is 10.6. The summed E-state index contributed by atoms with van der Waals surface area (Å²) < 4.78 is 108. The standard InChI is InChI=1S/C22H27N3.S8/c1-20(2)14-11-17-18(12-15(14)21(3,4)22(20,5)6)25-19(24-17)13-9-7-8-10-16(13)23;1-3-5-7-8-6-4-2/h7-12H,23H2,1-6H3,(H,24,25);/i1D3,2D3,5D3,7D,8D,9D,10D;. The number of hydrogen-bond acceptors (Lipinski definition) is 4. The Morgan fingerprint density at radius 1 is 0.939 bits per heavy atom. The zero-order valence-corrected chi connectivity index (χ0v) is 24.0. The molecule has 1 heterocycles. The van der Waals surface area contributed by atoms with Gasteiger partial charge in [-0.15, -0.1) is 0 Å². The maximum Gasteiger partial charge on any atom is 0.140 e. The van der Waals surface area contributed by atoms with Crippen LogP contribution in [0.2, 0.25) is 0 Å². The first-order valence-corrected chi connectivity index (χ1v) is 18.4. The molecule has 3 aromatic rings. The van der Waals surface area contributed by atoms with Crippen molar-refractivity contribution in [2.75, 3.05) is 5.73 Å². The van der Waals surface area contributed by atoms with E-state index >= 15 is 0 Å². The van der Waals surface area contributed by atoms with Gasteiger partial charge in [-0.3, -0.25) is 0 Å². The van der Waals surface area contributed by atoms with E-state index in [2.05, 4.69) is 32.3 Å². The minimum absolute atomic E-state index is 0.0297. The molecule has 2 aromatic carbocycles. The lowest BCUT2D eigenvalue weighted by Crippen LogP contribution is -2.42. The molecular formula is C22H27N3S8. The molecule has 3 nitrogen and oxygen atoms in total. The summed E-state index contributed by atoms with van der Waals surface area (Å²) in [6, 6.07) is 0.806. The van der Waals surface area contributed by atoms with Gasteiger partial charge in [0, 0.05) is 99.2 Å². The quantitative estimate of drug-likeness (QED) is 0.367. The van der Waals surface area contributed by atoms with Gasteiger partial charge in [0.15, 0.2) is 0 Å². The summed E-state index contributed by atoms with van der Waals surface area (Å²) in [4.78, 5) is 7.33. The molecule has 1 atom stereocenters. The molecule has 0 spiro atoms. The van der Waals surface area contributed by atoms with Crippen molar-refractivity contribution in [3.05, 3.63) is 47.4 Å². The van der Waals surface area contributed by atoms with E-state index < -0.39 is 61.0 Å². The predicted molar refractivity (Wildman–Crippen MR) is 165 cm³/mol. The first-order valence-electron chi connectivity index (χ1n) is 15.6. The molecule has 33 heavy (non-hydrogen) atoms. The second-order valence-electron chi connectivity index (χ2n) is 7.70. The van der Waals surface area contributed by atoms with Crippen molar-refractivity contribution < 1.29 is 17.8 Å². The van der Waals surface area contributed by atoms with Crippen molar-refractivity contribution in [3.8, 4) is 11.4 Å². The maximum atomic E-state index is 8.44. The molecule has 11 heteroatoms. The lowest BCUT2D eigenvalue weighted by molar-refractivity contribution is 0.125. The summed E-state index contributed by atoms with van der Waals surface area (Å²) in [6.07, 6.45) is 0. The van der Waals surface area contributed by atoms with Gasteiger partial charge in [-0.05, 0) is 51.6 Å². The molecule has 178 valence electrons. The Balaban J connectivity index is 0.000000637. The van der Waals surface area contributed by atoms with Crippen LogP contribution in [0.1, 0.15) is 70.3 Å². The number of hydrogen-bond donors (Lipinski definition) is 2. The minimum Gasteiger partial charge on any atom is -0.398 e. The number of nitrogens with two attached hydrogens (primary N) is 1. The van der Waals surface area contributed by atoms with E-state index in [9.17, 15) is 0 Å². The molecule has 0 aliphatic heterocycles. The van der Waals surface area contributed by atoms with Crippen LogP contribution in [0.4, 0.5) is 5.69 Å². The van der Waals surface area contributed by atoms with Gasteiger partial charge in [0.2, 0.25) is 0 Å². The first-order chi connectivity index (χ1) is 20.9. The average Bonchev–Trinajstić information content (AvgIpc) is 3.40. The molecule has 0 saturated carbocycles. The summed E-state index contributed by atoms with van der Waals surface area (Å²) in [7, 11) is 9.12. The van der Waals surface area contributed by atoms with Crippen LogP contribution in [-0.4, -0.2) is 9.97 Å². The van der Waals surface area contributed by atoms with Crippen molar-refractivity contribution in [1.29, 1.82) is 0 Å². The monoisotopic (exact) mass is 602 g/mol. The van der Waals surface area contributed by atoms with Gasteiger partial charge in [0.1, 0.15) is 5.82 Å². The number of nitrogens with one attached hydrogen (secondary N) is 1. The SMILES string of the molecule is S=S=S=S=S=S=S=S.[2H]c1c([2H])c([2H])c(-c2nc3cc4c(cc3[nH]2)C(C)(C)C(C)(C([2H])([2H])[2H])C4(C([2H])([2H])[2H])C([2H])([2H])[2H])c(N)c1[2H]. The minimum atomic E-state index is -3.26. The molecule has 1 aliphatic rings. The van der Waals surface area contributed by atoms with E-state index in [0.29, 0.717) is 5.52 Å². The number of nitrogen functional groups attached to an aromatic ring is 1. The van der Waals surface area contributed by atoms with Crippen molar-refractivity contribution in [2.45, 2.75) is 52.2 Å². The molecule has 3 N–H and O–H groups in total. The summed E-state index contributed by atoms with van der Waals surface area (Å²) in [5, 5.41) is 0. The number of para-hydroxylation sites is 1. The fourth-order valence-corrected chi connectivity index (χ4v) is 14.5. The Labute approximate surface area is 241 Å². The van der Waals surface area contributed by atoms with Gasteiger partial charge < -0.3 is 10.7 Å². The van der Waals surface area contributed by atoms with E-state index in [0.717, 1.165) is 0 Å². The van der Waals surface area contributed by atoms with E-state index in [1.807, 2.05) is 0 Å². The summed E-state index contributed by atoms with van der Waals surface area (Å²) in [5.41, 5.74) is -0.433. The summed E-state index contributed by atoms with van der Waals surface area (Å²) in [6.45, 7) is -5.28. The van der Waals surface area contributed by atoms with Crippen molar-refractivity contribution in [2.24, 2.45) is 5.41 Å². The number of H-pyrrole nitrogens is 1. The zero-order valence-electron chi connectivity index (χ0n) is 30.4. The van der Waals surface area contributed by atoms with Gasteiger partial charge in [-0.2, -0.15) is 0 Å². The molecule has 0 fully saturated rings. The van der Waals surface area contributed by atoms with Gasteiger partial charge in [0.05, 0.1) is 16.5 Å². The molecule has 0 bridgehead atoms. The Hall–Kier alpha value is -0.530. The van der Waals surface area contributed by atoms with Crippen LogP contribution in [0.5, 0.6) is 0 Å². The fourth-order valence-electron chi connectivity index (χ4n) is 3.56. The molecule has 0 radical (unpaired) electrons. The van der Waals surface area contributed by atoms with Crippen LogP contribution in [0.25, 0.3) is 22.4 Å². The maximum absolute atomic E-state index is 8.44. The number of nitrogens with zero attached hydrogens (tertiary/aromatic N) is 1. The highest BCUT2D eigenvalue weighted by Crippen LogP contribution is 2.61. The predicted octanol–water partition coefficient (Wildman–Crippen LogP) is 5.39. The van der Waals surface area contributed by atoms with E-state index in [-0.39, 0.29) is 33.7 Å².